The van der Waals surface area contributed by atoms with Gasteiger partial charge in [-0.15, -0.1) is 6.42 Å². The van der Waals surface area contributed by atoms with E-state index in [-0.39, 0.29) is 29.5 Å². The van der Waals surface area contributed by atoms with E-state index < -0.39 is 23.2 Å². The molecule has 2 N–H and O–H groups in total. The molecule has 0 aliphatic carbocycles. The van der Waals surface area contributed by atoms with E-state index >= 15 is 0 Å². The number of amides is 1. The lowest BCUT2D eigenvalue weighted by molar-refractivity contribution is -0.137. The highest BCUT2D eigenvalue weighted by atomic mass is 35.5. The molecule has 0 saturated carbocycles. The van der Waals surface area contributed by atoms with Crippen LogP contribution in [-0.4, -0.2) is 28.8 Å². The Morgan fingerprint density at radius 1 is 1.38 bits per heavy atom. The summed E-state index contributed by atoms with van der Waals surface area (Å²) in [4.78, 5) is 23.8. The molecule has 6 nitrogen and oxygen atoms in total. The van der Waals surface area contributed by atoms with E-state index in [9.17, 15) is 22.8 Å². The molecule has 0 aliphatic rings. The number of halogens is 4. The molecule has 2 aromatic rings. The SMILES string of the molecule is C#CCNC(=O)CNc1cnn(-c2cccc(C(F)(F)F)c2)c(=O)c1Cl. The number of rotatable bonds is 5. The van der Waals surface area contributed by atoms with Crippen molar-refractivity contribution in [1.82, 2.24) is 15.1 Å². The van der Waals surface area contributed by atoms with Crippen LogP contribution in [0.1, 0.15) is 5.56 Å². The lowest BCUT2D eigenvalue weighted by Gasteiger charge is -2.12. The van der Waals surface area contributed by atoms with Crippen LogP contribution in [0.3, 0.4) is 0 Å². The molecule has 0 unspecified atom stereocenters. The Bertz CT molecular complexity index is 919. The number of carbonyl (C=O) groups is 1. The Labute approximate surface area is 151 Å². The average Bonchev–Trinajstić information content (AvgIpc) is 2.60. The Balaban J connectivity index is 2.26. The van der Waals surface area contributed by atoms with Crippen LogP contribution < -0.4 is 16.2 Å². The maximum Gasteiger partial charge on any atom is 0.416 e. The smallest absolute Gasteiger partial charge is 0.373 e. The first kappa shape index (κ1) is 19.3. The summed E-state index contributed by atoms with van der Waals surface area (Å²) in [6.45, 7) is -0.167. The molecule has 26 heavy (non-hydrogen) atoms. The molecule has 0 saturated heterocycles. The minimum atomic E-state index is -4.56. The van der Waals surface area contributed by atoms with Gasteiger partial charge in [0.1, 0.15) is 5.02 Å². The summed E-state index contributed by atoms with van der Waals surface area (Å²) in [7, 11) is 0. The van der Waals surface area contributed by atoms with Gasteiger partial charge in [-0.1, -0.05) is 23.6 Å². The van der Waals surface area contributed by atoms with Crippen molar-refractivity contribution in [2.75, 3.05) is 18.4 Å². The first-order valence-corrected chi connectivity index (χ1v) is 7.51. The quantitative estimate of drug-likeness (QED) is 0.774. The number of carbonyl (C=O) groups excluding carboxylic acids is 1. The predicted molar refractivity (Wildman–Crippen MR) is 90.2 cm³/mol. The van der Waals surface area contributed by atoms with Gasteiger partial charge < -0.3 is 10.6 Å². The molecule has 1 aromatic heterocycles. The largest absolute Gasteiger partial charge is 0.416 e. The molecule has 0 atom stereocenters. The van der Waals surface area contributed by atoms with Gasteiger partial charge in [0.05, 0.1) is 36.2 Å². The topological polar surface area (TPSA) is 76.0 Å². The fraction of sp³-hybridized carbons (Fsp3) is 0.188. The molecule has 0 radical (unpaired) electrons. The van der Waals surface area contributed by atoms with Crippen molar-refractivity contribution in [3.05, 3.63) is 51.4 Å². The third kappa shape index (κ3) is 4.55. The van der Waals surface area contributed by atoms with Crippen molar-refractivity contribution in [2.24, 2.45) is 0 Å². The first-order valence-electron chi connectivity index (χ1n) is 7.13. The number of alkyl halides is 3. The maximum absolute atomic E-state index is 12.8. The molecule has 0 spiro atoms. The summed E-state index contributed by atoms with van der Waals surface area (Å²) in [5, 5.41) is 8.49. The minimum absolute atomic E-state index is 0.0453. The van der Waals surface area contributed by atoms with Crippen LogP contribution in [0, 0.1) is 12.3 Å². The summed E-state index contributed by atoms with van der Waals surface area (Å²) in [5.41, 5.74) is -1.78. The van der Waals surface area contributed by atoms with Crippen LogP contribution in [0.5, 0.6) is 0 Å². The molecule has 2 rings (SSSR count). The highest BCUT2D eigenvalue weighted by molar-refractivity contribution is 6.33. The summed E-state index contributed by atoms with van der Waals surface area (Å²) in [5.74, 6) is 1.80. The fourth-order valence-electron chi connectivity index (χ4n) is 1.94. The van der Waals surface area contributed by atoms with E-state index in [0.717, 1.165) is 29.1 Å². The van der Waals surface area contributed by atoms with Gasteiger partial charge in [0.2, 0.25) is 5.91 Å². The standard InChI is InChI=1S/C16H12ClF3N4O2/c1-2-6-21-13(25)9-22-12-8-23-24(15(26)14(12)17)11-5-3-4-10(7-11)16(18,19)20/h1,3-5,7-8,22H,6,9H2,(H,21,25). The number of aromatic nitrogens is 2. The zero-order valence-electron chi connectivity index (χ0n) is 13.1. The van der Waals surface area contributed by atoms with E-state index in [0.29, 0.717) is 0 Å². The lowest BCUT2D eigenvalue weighted by Crippen LogP contribution is -2.31. The second-order valence-corrected chi connectivity index (χ2v) is 5.35. The normalized spacial score (nSPS) is 10.9. The van der Waals surface area contributed by atoms with Crippen molar-refractivity contribution in [1.29, 1.82) is 0 Å². The third-order valence-electron chi connectivity index (χ3n) is 3.16. The predicted octanol–water partition coefficient (Wildman–Crippen LogP) is 2.07. The van der Waals surface area contributed by atoms with Crippen molar-refractivity contribution >= 4 is 23.2 Å². The summed E-state index contributed by atoms with van der Waals surface area (Å²) in [6.07, 6.45) is 1.59. The number of terminal acetylenes is 1. The van der Waals surface area contributed by atoms with Gasteiger partial charge in [-0.05, 0) is 18.2 Å². The van der Waals surface area contributed by atoms with E-state index in [2.05, 4.69) is 21.7 Å². The Hall–Kier alpha value is -2.99. The molecule has 0 aliphatic heterocycles. The van der Waals surface area contributed by atoms with Crippen molar-refractivity contribution in [3.63, 3.8) is 0 Å². The second kappa shape index (κ2) is 7.93. The number of hydrogen-bond donors (Lipinski definition) is 2. The van der Waals surface area contributed by atoms with Gasteiger partial charge in [0.25, 0.3) is 5.56 Å². The molecule has 1 heterocycles. The van der Waals surface area contributed by atoms with Crippen molar-refractivity contribution < 1.29 is 18.0 Å². The summed E-state index contributed by atoms with van der Waals surface area (Å²) < 4.78 is 39.1. The molecular formula is C16H12ClF3N4O2. The summed E-state index contributed by atoms with van der Waals surface area (Å²) in [6, 6.07) is 4.11. The monoisotopic (exact) mass is 384 g/mol. The Kier molecular flexibility index (Phi) is 5.90. The van der Waals surface area contributed by atoms with E-state index in [1.165, 1.54) is 6.07 Å². The van der Waals surface area contributed by atoms with Crippen LogP contribution in [-0.2, 0) is 11.0 Å². The number of nitrogens with zero attached hydrogens (tertiary/aromatic N) is 2. The number of nitrogens with one attached hydrogen (secondary N) is 2. The first-order chi connectivity index (χ1) is 12.2. The second-order valence-electron chi connectivity index (χ2n) is 4.97. The highest BCUT2D eigenvalue weighted by Crippen LogP contribution is 2.30. The van der Waals surface area contributed by atoms with E-state index in [1.54, 1.807) is 0 Å². The zero-order chi connectivity index (χ0) is 19.3. The van der Waals surface area contributed by atoms with Gasteiger partial charge >= 0.3 is 6.18 Å². The number of hydrogen-bond acceptors (Lipinski definition) is 4. The Morgan fingerprint density at radius 2 is 2.12 bits per heavy atom. The van der Waals surface area contributed by atoms with Gasteiger partial charge in [0, 0.05) is 0 Å². The molecule has 10 heteroatoms. The van der Waals surface area contributed by atoms with Crippen LogP contribution in [0.15, 0.2) is 35.3 Å². The lowest BCUT2D eigenvalue weighted by atomic mass is 10.2. The highest BCUT2D eigenvalue weighted by Gasteiger charge is 2.30. The third-order valence-corrected chi connectivity index (χ3v) is 3.53. The van der Waals surface area contributed by atoms with Crippen LogP contribution in [0.2, 0.25) is 5.02 Å². The summed E-state index contributed by atoms with van der Waals surface area (Å²) >= 11 is 5.94. The van der Waals surface area contributed by atoms with Gasteiger partial charge in [0.15, 0.2) is 0 Å². The number of anilines is 1. The minimum Gasteiger partial charge on any atom is -0.373 e. The van der Waals surface area contributed by atoms with Gasteiger partial charge in [-0.2, -0.15) is 23.0 Å². The molecule has 136 valence electrons. The molecule has 1 aromatic carbocycles. The van der Waals surface area contributed by atoms with Crippen molar-refractivity contribution in [2.45, 2.75) is 6.18 Å². The fourth-order valence-corrected chi connectivity index (χ4v) is 2.14. The van der Waals surface area contributed by atoms with Crippen LogP contribution in [0.25, 0.3) is 5.69 Å². The van der Waals surface area contributed by atoms with E-state index in [1.807, 2.05) is 0 Å². The Morgan fingerprint density at radius 3 is 2.77 bits per heavy atom. The van der Waals surface area contributed by atoms with Gasteiger partial charge in [-0.3, -0.25) is 9.59 Å². The zero-order valence-corrected chi connectivity index (χ0v) is 13.9. The van der Waals surface area contributed by atoms with E-state index in [4.69, 9.17) is 18.0 Å². The average molecular weight is 385 g/mol. The van der Waals surface area contributed by atoms with Crippen LogP contribution in [0.4, 0.5) is 18.9 Å². The van der Waals surface area contributed by atoms with Crippen molar-refractivity contribution in [3.8, 4) is 18.0 Å². The molecule has 0 bridgehead atoms. The maximum atomic E-state index is 12.8. The number of benzene rings is 1. The van der Waals surface area contributed by atoms with Crippen LogP contribution >= 0.6 is 11.6 Å². The van der Waals surface area contributed by atoms with Gasteiger partial charge in [-0.25, -0.2) is 0 Å². The molecular weight excluding hydrogens is 373 g/mol. The molecule has 1 amide bonds. The molecule has 0 fully saturated rings.